The van der Waals surface area contributed by atoms with E-state index < -0.39 is 52.6 Å². The van der Waals surface area contributed by atoms with Crippen LogP contribution < -0.4 is 0 Å². The normalized spacial score (nSPS) is 29.2. The molecule has 0 bridgehead atoms. The summed E-state index contributed by atoms with van der Waals surface area (Å²) >= 11 is 0. The van der Waals surface area contributed by atoms with Gasteiger partial charge in [-0.2, -0.15) is 0 Å². The molecular formula is C27H32O6. The predicted octanol–water partition coefficient (Wildman–Crippen LogP) is 3.64. The Morgan fingerprint density at radius 2 is 1.64 bits per heavy atom. The first-order chi connectivity index (χ1) is 15.4. The fourth-order valence-corrected chi connectivity index (χ4v) is 6.38. The van der Waals surface area contributed by atoms with Crippen molar-refractivity contribution >= 4 is 28.9 Å². The third-order valence-electron chi connectivity index (χ3n) is 7.71. The van der Waals surface area contributed by atoms with Crippen LogP contribution in [0.5, 0.6) is 5.75 Å². The topological polar surface area (TPSA) is 106 Å². The summed E-state index contributed by atoms with van der Waals surface area (Å²) in [7, 11) is 0. The number of carbonyl (C=O) groups is 5. The van der Waals surface area contributed by atoms with Gasteiger partial charge in [-0.3, -0.25) is 24.0 Å². The molecule has 176 valence electrons. The molecule has 0 radical (unpaired) electrons. The summed E-state index contributed by atoms with van der Waals surface area (Å²) in [6.07, 6.45) is 1.51. The molecule has 0 aliphatic heterocycles. The second kappa shape index (κ2) is 8.30. The van der Waals surface area contributed by atoms with Crippen molar-refractivity contribution in [3.8, 4) is 5.75 Å². The summed E-state index contributed by atoms with van der Waals surface area (Å²) in [6.45, 7) is 9.37. The molecule has 4 rings (SSSR count). The zero-order chi connectivity index (χ0) is 24.4. The maximum atomic E-state index is 13.7. The first kappa shape index (κ1) is 23.5. The highest BCUT2D eigenvalue weighted by molar-refractivity contribution is 6.27. The summed E-state index contributed by atoms with van der Waals surface area (Å²) in [5, 5.41) is 11.1. The van der Waals surface area contributed by atoms with Crippen LogP contribution in [0.25, 0.3) is 0 Å². The minimum absolute atomic E-state index is 0.0201. The van der Waals surface area contributed by atoms with Crippen LogP contribution in [-0.2, 0) is 32.0 Å². The lowest BCUT2D eigenvalue weighted by molar-refractivity contribution is -0.152. The molecule has 2 saturated carbocycles. The molecule has 1 N–H and O–H groups in total. The Morgan fingerprint density at radius 1 is 1.00 bits per heavy atom. The summed E-state index contributed by atoms with van der Waals surface area (Å²) in [4.78, 5) is 64.7. The average molecular weight is 453 g/mol. The van der Waals surface area contributed by atoms with E-state index in [1.54, 1.807) is 0 Å². The van der Waals surface area contributed by atoms with E-state index in [0.717, 1.165) is 11.1 Å². The fourth-order valence-electron chi connectivity index (χ4n) is 6.38. The van der Waals surface area contributed by atoms with Crippen LogP contribution in [0.2, 0.25) is 0 Å². The van der Waals surface area contributed by atoms with E-state index in [-0.39, 0.29) is 35.5 Å². The summed E-state index contributed by atoms with van der Waals surface area (Å²) in [6, 6.07) is 1.99. The summed E-state index contributed by atoms with van der Waals surface area (Å²) in [5.41, 5.74) is 2.73. The van der Waals surface area contributed by atoms with Crippen molar-refractivity contribution in [2.75, 3.05) is 0 Å². The highest BCUT2D eigenvalue weighted by Gasteiger charge is 2.57. The second-order valence-electron chi connectivity index (χ2n) is 10.9. The van der Waals surface area contributed by atoms with Gasteiger partial charge in [0.15, 0.2) is 23.1 Å². The van der Waals surface area contributed by atoms with Crippen molar-refractivity contribution in [2.45, 2.75) is 66.2 Å². The van der Waals surface area contributed by atoms with E-state index in [4.69, 9.17) is 0 Å². The number of ketones is 5. The lowest BCUT2D eigenvalue weighted by atomic mass is 9.55. The minimum Gasteiger partial charge on any atom is -0.507 e. The van der Waals surface area contributed by atoms with Gasteiger partial charge >= 0.3 is 0 Å². The number of rotatable bonds is 4. The molecule has 3 aliphatic rings. The number of aromatic hydroxyl groups is 1. The molecule has 2 fully saturated rings. The second-order valence-corrected chi connectivity index (χ2v) is 10.9. The van der Waals surface area contributed by atoms with Crippen LogP contribution in [0.4, 0.5) is 0 Å². The van der Waals surface area contributed by atoms with Crippen molar-refractivity contribution in [3.63, 3.8) is 0 Å². The Labute approximate surface area is 194 Å². The molecule has 0 saturated heterocycles. The van der Waals surface area contributed by atoms with E-state index in [0.29, 0.717) is 24.8 Å². The number of fused-ring (bicyclic) bond motifs is 3. The van der Waals surface area contributed by atoms with Gasteiger partial charge in [0.25, 0.3) is 0 Å². The molecule has 33 heavy (non-hydrogen) atoms. The van der Waals surface area contributed by atoms with Crippen molar-refractivity contribution in [2.24, 2.45) is 35.5 Å². The zero-order valence-corrected chi connectivity index (χ0v) is 19.9. The van der Waals surface area contributed by atoms with Crippen LogP contribution >= 0.6 is 0 Å². The molecule has 5 atom stereocenters. The summed E-state index contributed by atoms with van der Waals surface area (Å²) in [5.74, 6) is -6.39. The van der Waals surface area contributed by atoms with Crippen LogP contribution in [0.1, 0.15) is 80.4 Å². The molecule has 5 unspecified atom stereocenters. The van der Waals surface area contributed by atoms with Gasteiger partial charge in [-0.15, -0.1) is 0 Å². The number of phenolic OH excluding ortho intramolecular Hbond substituents is 1. The minimum atomic E-state index is -1.39. The number of Topliss-reactive ketones (excluding diaryl/α,β-unsaturated/α-hetero) is 5. The average Bonchev–Trinajstić information content (AvgIpc) is 2.68. The van der Waals surface area contributed by atoms with Crippen molar-refractivity contribution in [1.82, 2.24) is 0 Å². The SMILES string of the molecule is CC(=O)C1C(=O)CC2CC3Cc4c(C(C)C)cc(CC(C)C)c(O)c4C(=O)C3C(=O)C2C1=O. The van der Waals surface area contributed by atoms with Crippen LogP contribution in [0, 0.1) is 35.5 Å². The maximum absolute atomic E-state index is 13.7. The first-order valence-corrected chi connectivity index (χ1v) is 12.0. The monoisotopic (exact) mass is 452 g/mol. The Kier molecular flexibility index (Phi) is 5.92. The van der Waals surface area contributed by atoms with Gasteiger partial charge in [0.1, 0.15) is 17.5 Å². The Hall–Kier alpha value is -2.63. The van der Waals surface area contributed by atoms with Crippen molar-refractivity contribution in [3.05, 3.63) is 28.3 Å². The van der Waals surface area contributed by atoms with Gasteiger partial charge in [0.2, 0.25) is 0 Å². The number of phenols is 1. The molecule has 0 amide bonds. The summed E-state index contributed by atoms with van der Waals surface area (Å²) < 4.78 is 0. The first-order valence-electron chi connectivity index (χ1n) is 12.0. The number of carbonyl (C=O) groups excluding carboxylic acids is 5. The smallest absolute Gasteiger partial charge is 0.177 e. The molecule has 1 aromatic rings. The van der Waals surface area contributed by atoms with Gasteiger partial charge in [0.05, 0.1) is 17.4 Å². The molecule has 0 aromatic heterocycles. The van der Waals surface area contributed by atoms with Crippen LogP contribution in [-0.4, -0.2) is 34.0 Å². The van der Waals surface area contributed by atoms with E-state index in [2.05, 4.69) is 0 Å². The van der Waals surface area contributed by atoms with Gasteiger partial charge in [0, 0.05) is 6.42 Å². The third-order valence-corrected chi connectivity index (χ3v) is 7.71. The largest absolute Gasteiger partial charge is 0.507 e. The lowest BCUT2D eigenvalue weighted by Crippen LogP contribution is -2.55. The van der Waals surface area contributed by atoms with Crippen LogP contribution in [0.15, 0.2) is 6.07 Å². The Balaban J connectivity index is 1.80. The lowest BCUT2D eigenvalue weighted by Gasteiger charge is -2.44. The molecular weight excluding hydrogens is 420 g/mol. The van der Waals surface area contributed by atoms with Gasteiger partial charge in [-0.05, 0) is 66.5 Å². The zero-order valence-electron chi connectivity index (χ0n) is 19.9. The standard InChI is InChI=1S/C27H32O6/c1-11(2)6-16-9-17(12(3)4)18-8-14-7-15-10-19(29)20(13(5)28)25(31)22(15)26(32)21(14)27(33)23(18)24(16)30/h9,11-12,14-15,20-22,30H,6-8,10H2,1-5H3. The van der Waals surface area contributed by atoms with Gasteiger partial charge < -0.3 is 5.11 Å². The van der Waals surface area contributed by atoms with E-state index in [9.17, 15) is 29.1 Å². The molecule has 6 nitrogen and oxygen atoms in total. The Morgan fingerprint density at radius 3 is 2.21 bits per heavy atom. The number of benzene rings is 1. The fraction of sp³-hybridized carbons (Fsp3) is 0.593. The maximum Gasteiger partial charge on any atom is 0.177 e. The molecule has 0 spiro atoms. The third kappa shape index (κ3) is 3.68. The Bertz CT molecular complexity index is 1080. The predicted molar refractivity (Wildman–Crippen MR) is 121 cm³/mol. The molecule has 1 aromatic carbocycles. The number of hydrogen-bond donors (Lipinski definition) is 1. The highest BCUT2D eigenvalue weighted by atomic mass is 16.3. The highest BCUT2D eigenvalue weighted by Crippen LogP contribution is 2.50. The van der Waals surface area contributed by atoms with Crippen molar-refractivity contribution in [1.29, 1.82) is 0 Å². The van der Waals surface area contributed by atoms with Gasteiger partial charge in [-0.1, -0.05) is 33.8 Å². The molecule has 0 heterocycles. The van der Waals surface area contributed by atoms with E-state index in [1.165, 1.54) is 6.92 Å². The van der Waals surface area contributed by atoms with E-state index >= 15 is 0 Å². The molecule has 6 heteroatoms. The van der Waals surface area contributed by atoms with E-state index in [1.807, 2.05) is 33.8 Å². The van der Waals surface area contributed by atoms with Crippen LogP contribution in [0.3, 0.4) is 0 Å². The molecule has 3 aliphatic carbocycles. The number of hydrogen-bond acceptors (Lipinski definition) is 6. The quantitative estimate of drug-likeness (QED) is 0.699. The van der Waals surface area contributed by atoms with Gasteiger partial charge in [-0.25, -0.2) is 0 Å². The van der Waals surface area contributed by atoms with Crippen molar-refractivity contribution < 1.29 is 29.1 Å².